The minimum absolute atomic E-state index is 0.0997. The zero-order valence-corrected chi connectivity index (χ0v) is 13.8. The molecule has 0 heterocycles. The van der Waals surface area contributed by atoms with Crippen molar-refractivity contribution in [3.63, 3.8) is 0 Å². The molecule has 0 unspecified atom stereocenters. The minimum Gasteiger partial charge on any atom is -0.345 e. The van der Waals surface area contributed by atoms with Crippen molar-refractivity contribution in [3.8, 4) is 0 Å². The van der Waals surface area contributed by atoms with Crippen LogP contribution < -0.4 is 5.73 Å². The van der Waals surface area contributed by atoms with Gasteiger partial charge in [-0.15, -0.1) is 0 Å². The van der Waals surface area contributed by atoms with Gasteiger partial charge in [0.25, 0.3) is 0 Å². The second-order valence-corrected chi connectivity index (χ2v) is 6.55. The molecule has 3 nitrogen and oxygen atoms in total. The SMILES string of the molecule is Cc1ccc(Br)cc1CCN(C)C(=O)C(C)(C)CN. The second-order valence-electron chi connectivity index (χ2n) is 5.64. The van der Waals surface area contributed by atoms with Gasteiger partial charge in [0.05, 0.1) is 5.41 Å². The lowest BCUT2D eigenvalue weighted by molar-refractivity contribution is -0.138. The fourth-order valence-corrected chi connectivity index (χ4v) is 2.31. The molecule has 1 amide bonds. The topological polar surface area (TPSA) is 46.3 Å². The zero-order valence-electron chi connectivity index (χ0n) is 12.2. The number of hydrogen-bond donors (Lipinski definition) is 1. The Hall–Kier alpha value is -0.870. The third-order valence-corrected chi connectivity index (χ3v) is 3.96. The number of likely N-dealkylation sites (N-methyl/N-ethyl adjacent to an activating group) is 1. The van der Waals surface area contributed by atoms with E-state index in [2.05, 4.69) is 35.0 Å². The first-order chi connectivity index (χ1) is 8.77. The lowest BCUT2D eigenvalue weighted by Gasteiger charge is -2.28. The first-order valence-electron chi connectivity index (χ1n) is 6.48. The van der Waals surface area contributed by atoms with Crippen LogP contribution in [0.2, 0.25) is 0 Å². The maximum Gasteiger partial charge on any atom is 0.229 e. The van der Waals surface area contributed by atoms with Crippen molar-refractivity contribution < 1.29 is 4.79 Å². The lowest BCUT2D eigenvalue weighted by Crippen LogP contribution is -2.43. The van der Waals surface area contributed by atoms with Crippen LogP contribution in [0.5, 0.6) is 0 Å². The van der Waals surface area contributed by atoms with Crippen LogP contribution >= 0.6 is 15.9 Å². The highest BCUT2D eigenvalue weighted by atomic mass is 79.9. The van der Waals surface area contributed by atoms with Crippen LogP contribution in [-0.4, -0.2) is 30.9 Å². The average molecular weight is 327 g/mol. The highest BCUT2D eigenvalue weighted by Crippen LogP contribution is 2.19. The normalized spacial score (nSPS) is 11.5. The molecule has 0 saturated carbocycles. The number of amides is 1. The van der Waals surface area contributed by atoms with Crippen molar-refractivity contribution in [1.29, 1.82) is 0 Å². The molecule has 0 bridgehead atoms. The fourth-order valence-electron chi connectivity index (χ4n) is 1.90. The van der Waals surface area contributed by atoms with Crippen LogP contribution in [-0.2, 0) is 11.2 Å². The first-order valence-corrected chi connectivity index (χ1v) is 7.28. The van der Waals surface area contributed by atoms with E-state index in [0.717, 1.165) is 10.9 Å². The molecule has 1 aromatic rings. The molecule has 4 heteroatoms. The van der Waals surface area contributed by atoms with Gasteiger partial charge in [0.2, 0.25) is 5.91 Å². The second kappa shape index (κ2) is 6.53. The summed E-state index contributed by atoms with van der Waals surface area (Å²) in [5.41, 5.74) is 7.67. The Morgan fingerprint density at radius 1 is 1.42 bits per heavy atom. The number of carbonyl (C=O) groups excluding carboxylic acids is 1. The molecular weight excluding hydrogens is 304 g/mol. The number of rotatable bonds is 5. The summed E-state index contributed by atoms with van der Waals surface area (Å²) < 4.78 is 1.07. The molecule has 19 heavy (non-hydrogen) atoms. The summed E-state index contributed by atoms with van der Waals surface area (Å²) in [5.74, 6) is 0.0997. The Bertz CT molecular complexity index is 457. The highest BCUT2D eigenvalue weighted by molar-refractivity contribution is 9.10. The van der Waals surface area contributed by atoms with Crippen molar-refractivity contribution >= 4 is 21.8 Å². The summed E-state index contributed by atoms with van der Waals surface area (Å²) in [6.45, 7) is 6.94. The molecule has 2 N–H and O–H groups in total. The van der Waals surface area contributed by atoms with Crippen LogP contribution in [0.3, 0.4) is 0 Å². The molecule has 1 rings (SSSR count). The molecule has 0 radical (unpaired) electrons. The summed E-state index contributed by atoms with van der Waals surface area (Å²) in [6, 6.07) is 6.23. The fraction of sp³-hybridized carbons (Fsp3) is 0.533. The van der Waals surface area contributed by atoms with Crippen molar-refractivity contribution in [2.75, 3.05) is 20.1 Å². The molecule has 106 valence electrons. The highest BCUT2D eigenvalue weighted by Gasteiger charge is 2.28. The van der Waals surface area contributed by atoms with Gasteiger partial charge in [0, 0.05) is 24.6 Å². The van der Waals surface area contributed by atoms with Gasteiger partial charge in [-0.2, -0.15) is 0 Å². The van der Waals surface area contributed by atoms with E-state index < -0.39 is 5.41 Å². The lowest BCUT2D eigenvalue weighted by atomic mass is 9.92. The molecule has 0 spiro atoms. The van der Waals surface area contributed by atoms with Crippen LogP contribution in [0.1, 0.15) is 25.0 Å². The largest absolute Gasteiger partial charge is 0.345 e. The van der Waals surface area contributed by atoms with Crippen LogP contribution in [0.15, 0.2) is 22.7 Å². The summed E-state index contributed by atoms with van der Waals surface area (Å²) >= 11 is 3.48. The maximum atomic E-state index is 12.2. The summed E-state index contributed by atoms with van der Waals surface area (Å²) in [5, 5.41) is 0. The third kappa shape index (κ3) is 4.32. The number of hydrogen-bond acceptors (Lipinski definition) is 2. The van der Waals surface area contributed by atoms with Crippen molar-refractivity contribution in [1.82, 2.24) is 4.90 Å². The quantitative estimate of drug-likeness (QED) is 0.904. The van der Waals surface area contributed by atoms with Gasteiger partial charge >= 0.3 is 0 Å². The van der Waals surface area contributed by atoms with E-state index in [0.29, 0.717) is 13.1 Å². The Balaban J connectivity index is 2.66. The van der Waals surface area contributed by atoms with Gasteiger partial charge in [-0.05, 0) is 50.5 Å². The van der Waals surface area contributed by atoms with E-state index in [9.17, 15) is 4.79 Å². The monoisotopic (exact) mass is 326 g/mol. The molecule has 0 fully saturated rings. The molecule has 1 aromatic carbocycles. The molecule has 0 aliphatic rings. The van der Waals surface area contributed by atoms with E-state index in [1.807, 2.05) is 27.0 Å². The van der Waals surface area contributed by atoms with E-state index in [-0.39, 0.29) is 5.91 Å². The maximum absolute atomic E-state index is 12.2. The van der Waals surface area contributed by atoms with Gasteiger partial charge in [0.15, 0.2) is 0 Å². The number of halogens is 1. The Kier molecular flexibility index (Phi) is 5.56. The standard InChI is InChI=1S/C15H23BrN2O/c1-11-5-6-13(16)9-12(11)7-8-18(4)14(19)15(2,3)10-17/h5-6,9H,7-8,10,17H2,1-4H3. The van der Waals surface area contributed by atoms with E-state index in [1.54, 1.807) is 4.90 Å². The number of nitrogens with zero attached hydrogens (tertiary/aromatic N) is 1. The van der Waals surface area contributed by atoms with Crippen LogP contribution in [0.4, 0.5) is 0 Å². The van der Waals surface area contributed by atoms with Crippen LogP contribution in [0.25, 0.3) is 0 Å². The number of benzene rings is 1. The Labute approximate surface area is 124 Å². The predicted octanol–water partition coefficient (Wildman–Crippen LogP) is 2.74. The van der Waals surface area contributed by atoms with E-state index in [4.69, 9.17) is 5.73 Å². The van der Waals surface area contributed by atoms with Crippen molar-refractivity contribution in [2.24, 2.45) is 11.1 Å². The van der Waals surface area contributed by atoms with Crippen LogP contribution in [0, 0.1) is 12.3 Å². The van der Waals surface area contributed by atoms with Crippen molar-refractivity contribution in [2.45, 2.75) is 27.2 Å². The number of carbonyl (C=O) groups is 1. The molecule has 0 atom stereocenters. The van der Waals surface area contributed by atoms with Gasteiger partial charge in [-0.25, -0.2) is 0 Å². The van der Waals surface area contributed by atoms with Gasteiger partial charge < -0.3 is 10.6 Å². The Morgan fingerprint density at radius 2 is 2.05 bits per heavy atom. The summed E-state index contributed by atoms with van der Waals surface area (Å²) in [6.07, 6.45) is 0.855. The third-order valence-electron chi connectivity index (χ3n) is 3.46. The zero-order chi connectivity index (χ0) is 14.6. The summed E-state index contributed by atoms with van der Waals surface area (Å²) in [4.78, 5) is 14.0. The van der Waals surface area contributed by atoms with E-state index in [1.165, 1.54) is 11.1 Å². The summed E-state index contributed by atoms with van der Waals surface area (Å²) in [7, 11) is 1.84. The smallest absolute Gasteiger partial charge is 0.229 e. The molecule has 0 aliphatic heterocycles. The van der Waals surface area contributed by atoms with Gasteiger partial charge in [-0.3, -0.25) is 4.79 Å². The molecule has 0 aromatic heterocycles. The first kappa shape index (κ1) is 16.2. The molecule has 0 aliphatic carbocycles. The van der Waals surface area contributed by atoms with Crippen molar-refractivity contribution in [3.05, 3.63) is 33.8 Å². The minimum atomic E-state index is -0.485. The number of aryl methyl sites for hydroxylation is 1. The predicted molar refractivity (Wildman–Crippen MR) is 83.1 cm³/mol. The molecular formula is C15H23BrN2O. The molecule has 0 saturated heterocycles. The average Bonchev–Trinajstić information content (AvgIpc) is 2.38. The number of nitrogens with two attached hydrogens (primary N) is 1. The Morgan fingerprint density at radius 3 is 2.63 bits per heavy atom. The van der Waals surface area contributed by atoms with Gasteiger partial charge in [-0.1, -0.05) is 22.0 Å². The van der Waals surface area contributed by atoms with E-state index >= 15 is 0 Å². The van der Waals surface area contributed by atoms with Gasteiger partial charge in [0.1, 0.15) is 0 Å².